The van der Waals surface area contributed by atoms with Crippen LogP contribution in [0.3, 0.4) is 0 Å². The van der Waals surface area contributed by atoms with Gasteiger partial charge < -0.3 is 10.5 Å². The fourth-order valence-electron chi connectivity index (χ4n) is 1.57. The Kier molecular flexibility index (Phi) is 3.50. The summed E-state index contributed by atoms with van der Waals surface area (Å²) in [5.41, 5.74) is 6.06. The van der Waals surface area contributed by atoms with Crippen LogP contribution in [0, 0.1) is 0 Å². The van der Waals surface area contributed by atoms with Gasteiger partial charge in [-0.05, 0) is 26.3 Å². The van der Waals surface area contributed by atoms with Gasteiger partial charge in [0.05, 0.1) is 0 Å². The number of hydrogen-bond acceptors (Lipinski definition) is 3. The largest absolute Gasteiger partial charge is 0.385 e. The van der Waals surface area contributed by atoms with Crippen LogP contribution < -0.4 is 5.73 Å². The fraction of sp³-hybridized carbons (Fsp3) is 1.00. The maximum Gasteiger partial charge on any atom is 0.0474 e. The van der Waals surface area contributed by atoms with Crippen LogP contribution in [0.2, 0.25) is 0 Å². The summed E-state index contributed by atoms with van der Waals surface area (Å²) in [4.78, 5) is 2.38. The summed E-state index contributed by atoms with van der Waals surface area (Å²) >= 11 is 0. The SMILES string of the molecule is COCCCN(C)C1(CN)CC1. The molecule has 0 atom stereocenters. The molecule has 1 aliphatic carbocycles. The molecule has 1 aliphatic rings. The molecule has 0 spiro atoms. The van der Waals surface area contributed by atoms with Gasteiger partial charge in [-0.3, -0.25) is 4.90 Å². The molecule has 12 heavy (non-hydrogen) atoms. The Balaban J connectivity index is 2.15. The van der Waals surface area contributed by atoms with Crippen LogP contribution in [0.4, 0.5) is 0 Å². The van der Waals surface area contributed by atoms with Crippen molar-refractivity contribution in [2.45, 2.75) is 24.8 Å². The second-order valence-corrected chi connectivity index (χ2v) is 3.70. The van der Waals surface area contributed by atoms with Crippen molar-refractivity contribution < 1.29 is 4.74 Å². The van der Waals surface area contributed by atoms with Crippen molar-refractivity contribution >= 4 is 0 Å². The number of rotatable bonds is 6. The molecule has 1 saturated carbocycles. The van der Waals surface area contributed by atoms with Gasteiger partial charge in [-0.15, -0.1) is 0 Å². The van der Waals surface area contributed by atoms with Crippen molar-refractivity contribution in [1.82, 2.24) is 4.90 Å². The fourth-order valence-corrected chi connectivity index (χ4v) is 1.57. The van der Waals surface area contributed by atoms with E-state index < -0.39 is 0 Å². The summed E-state index contributed by atoms with van der Waals surface area (Å²) < 4.78 is 5.00. The topological polar surface area (TPSA) is 38.5 Å². The quantitative estimate of drug-likeness (QED) is 0.591. The molecule has 0 saturated heterocycles. The molecular formula is C9H20N2O. The first-order chi connectivity index (χ1) is 5.75. The lowest BCUT2D eigenvalue weighted by molar-refractivity contribution is 0.160. The zero-order chi connectivity index (χ0) is 9.03. The summed E-state index contributed by atoms with van der Waals surface area (Å²) in [6.45, 7) is 2.76. The Bertz CT molecular complexity index is 134. The van der Waals surface area contributed by atoms with Crippen molar-refractivity contribution in [3.63, 3.8) is 0 Å². The summed E-state index contributed by atoms with van der Waals surface area (Å²) in [5, 5.41) is 0. The molecule has 72 valence electrons. The maximum absolute atomic E-state index is 5.70. The Labute approximate surface area is 74.9 Å². The van der Waals surface area contributed by atoms with E-state index in [1.54, 1.807) is 7.11 Å². The lowest BCUT2D eigenvalue weighted by Gasteiger charge is -2.26. The minimum Gasteiger partial charge on any atom is -0.385 e. The minimum absolute atomic E-state index is 0.355. The second kappa shape index (κ2) is 4.21. The predicted octanol–water partition coefficient (Wildman–Crippen LogP) is 0.446. The number of methoxy groups -OCH3 is 1. The standard InChI is InChI=1S/C9H20N2O/c1-11(6-3-7-12-2)9(8-10)4-5-9/h3-8,10H2,1-2H3. The molecule has 0 aromatic heterocycles. The average Bonchev–Trinajstić information content (AvgIpc) is 2.85. The van der Waals surface area contributed by atoms with Crippen LogP contribution in [0.25, 0.3) is 0 Å². The molecule has 0 aliphatic heterocycles. The van der Waals surface area contributed by atoms with E-state index in [-0.39, 0.29) is 0 Å². The first kappa shape index (κ1) is 9.96. The smallest absolute Gasteiger partial charge is 0.0474 e. The van der Waals surface area contributed by atoms with E-state index >= 15 is 0 Å². The van der Waals surface area contributed by atoms with Gasteiger partial charge in [0, 0.05) is 32.3 Å². The zero-order valence-corrected chi connectivity index (χ0v) is 8.18. The Morgan fingerprint density at radius 3 is 2.58 bits per heavy atom. The van der Waals surface area contributed by atoms with Crippen molar-refractivity contribution in [2.75, 3.05) is 33.9 Å². The summed E-state index contributed by atoms with van der Waals surface area (Å²) in [7, 11) is 3.91. The van der Waals surface area contributed by atoms with Crippen LogP contribution in [-0.2, 0) is 4.74 Å². The normalized spacial score (nSPS) is 20.0. The molecule has 0 aromatic carbocycles. The minimum atomic E-state index is 0.355. The van der Waals surface area contributed by atoms with Crippen molar-refractivity contribution in [3.05, 3.63) is 0 Å². The van der Waals surface area contributed by atoms with Gasteiger partial charge in [-0.25, -0.2) is 0 Å². The summed E-state index contributed by atoms with van der Waals surface area (Å²) in [5.74, 6) is 0. The van der Waals surface area contributed by atoms with E-state index in [2.05, 4.69) is 11.9 Å². The number of likely N-dealkylation sites (N-methyl/N-ethyl adjacent to an activating group) is 1. The maximum atomic E-state index is 5.70. The van der Waals surface area contributed by atoms with Gasteiger partial charge in [0.1, 0.15) is 0 Å². The van der Waals surface area contributed by atoms with Crippen LogP contribution in [0.5, 0.6) is 0 Å². The Morgan fingerprint density at radius 2 is 2.17 bits per heavy atom. The molecule has 3 nitrogen and oxygen atoms in total. The third kappa shape index (κ3) is 2.19. The highest BCUT2D eigenvalue weighted by Gasteiger charge is 2.44. The molecule has 0 bridgehead atoms. The Hall–Kier alpha value is -0.120. The molecule has 1 fully saturated rings. The number of ether oxygens (including phenoxy) is 1. The average molecular weight is 172 g/mol. The van der Waals surface area contributed by atoms with E-state index in [1.807, 2.05) is 0 Å². The summed E-state index contributed by atoms with van der Waals surface area (Å²) in [6, 6.07) is 0. The molecule has 3 heteroatoms. The molecule has 2 N–H and O–H groups in total. The summed E-state index contributed by atoms with van der Waals surface area (Å²) in [6.07, 6.45) is 3.65. The molecule has 0 unspecified atom stereocenters. The van der Waals surface area contributed by atoms with Crippen molar-refractivity contribution in [2.24, 2.45) is 5.73 Å². The van der Waals surface area contributed by atoms with Crippen molar-refractivity contribution in [3.8, 4) is 0 Å². The van der Waals surface area contributed by atoms with Gasteiger partial charge >= 0.3 is 0 Å². The van der Waals surface area contributed by atoms with E-state index in [1.165, 1.54) is 12.8 Å². The zero-order valence-electron chi connectivity index (χ0n) is 8.18. The number of nitrogens with two attached hydrogens (primary N) is 1. The highest BCUT2D eigenvalue weighted by atomic mass is 16.5. The van der Waals surface area contributed by atoms with Gasteiger partial charge in [0.2, 0.25) is 0 Å². The first-order valence-electron chi connectivity index (χ1n) is 4.65. The molecule has 0 radical (unpaired) electrons. The van der Waals surface area contributed by atoms with E-state index in [9.17, 15) is 0 Å². The predicted molar refractivity (Wildman–Crippen MR) is 50.1 cm³/mol. The van der Waals surface area contributed by atoms with Gasteiger partial charge in [0.25, 0.3) is 0 Å². The van der Waals surface area contributed by atoms with Gasteiger partial charge in [0.15, 0.2) is 0 Å². The lowest BCUT2D eigenvalue weighted by atomic mass is 10.2. The van der Waals surface area contributed by atoms with E-state index in [4.69, 9.17) is 10.5 Å². The molecular weight excluding hydrogens is 152 g/mol. The number of hydrogen-bond donors (Lipinski definition) is 1. The monoisotopic (exact) mass is 172 g/mol. The molecule has 0 aromatic rings. The van der Waals surface area contributed by atoms with Crippen molar-refractivity contribution in [1.29, 1.82) is 0 Å². The van der Waals surface area contributed by atoms with Crippen LogP contribution >= 0.6 is 0 Å². The molecule has 0 amide bonds. The second-order valence-electron chi connectivity index (χ2n) is 3.70. The van der Waals surface area contributed by atoms with E-state index in [0.717, 1.165) is 26.1 Å². The van der Waals surface area contributed by atoms with E-state index in [0.29, 0.717) is 5.54 Å². The molecule has 1 rings (SSSR count). The molecule has 0 heterocycles. The highest BCUT2D eigenvalue weighted by Crippen LogP contribution is 2.39. The van der Waals surface area contributed by atoms with Crippen LogP contribution in [0.15, 0.2) is 0 Å². The third-order valence-electron chi connectivity index (χ3n) is 2.86. The van der Waals surface area contributed by atoms with Gasteiger partial charge in [-0.1, -0.05) is 0 Å². The Morgan fingerprint density at radius 1 is 1.50 bits per heavy atom. The third-order valence-corrected chi connectivity index (χ3v) is 2.86. The van der Waals surface area contributed by atoms with Crippen LogP contribution in [-0.4, -0.2) is 44.3 Å². The van der Waals surface area contributed by atoms with Gasteiger partial charge in [-0.2, -0.15) is 0 Å². The highest BCUT2D eigenvalue weighted by molar-refractivity contribution is 5.03. The lowest BCUT2D eigenvalue weighted by Crippen LogP contribution is -2.40. The van der Waals surface area contributed by atoms with Crippen LogP contribution in [0.1, 0.15) is 19.3 Å². The first-order valence-corrected chi connectivity index (χ1v) is 4.65. The number of nitrogens with zero attached hydrogens (tertiary/aromatic N) is 1.